The molecule has 3 aromatic heterocycles. The molecule has 0 spiro atoms. The van der Waals surface area contributed by atoms with E-state index in [0.717, 1.165) is 36.8 Å². The van der Waals surface area contributed by atoms with Crippen LogP contribution in [0.15, 0.2) is 30.6 Å². The Hall–Kier alpha value is -3.20. The maximum absolute atomic E-state index is 12.9. The van der Waals surface area contributed by atoms with Crippen molar-refractivity contribution in [3.63, 3.8) is 0 Å². The lowest BCUT2D eigenvalue weighted by Crippen LogP contribution is -2.57. The molecular formula is C21H27N7O2. The molecule has 4 heterocycles. The van der Waals surface area contributed by atoms with Gasteiger partial charge in [0.25, 0.3) is 5.91 Å². The summed E-state index contributed by atoms with van der Waals surface area (Å²) in [5, 5.41) is 14.8. The van der Waals surface area contributed by atoms with E-state index in [1.54, 1.807) is 18.3 Å². The van der Waals surface area contributed by atoms with E-state index in [-0.39, 0.29) is 11.4 Å². The van der Waals surface area contributed by atoms with Crippen LogP contribution in [0.1, 0.15) is 36.8 Å². The lowest BCUT2D eigenvalue weighted by molar-refractivity contribution is 0.102. The zero-order valence-electron chi connectivity index (χ0n) is 17.8. The topological polar surface area (TPSA) is 96.7 Å². The fourth-order valence-electron chi connectivity index (χ4n) is 3.67. The van der Waals surface area contributed by atoms with Gasteiger partial charge in [-0.05, 0) is 39.8 Å². The van der Waals surface area contributed by atoms with Crippen LogP contribution in [0, 0.1) is 6.92 Å². The number of fused-ring (bicyclic) bond motifs is 1. The SMILES string of the molecule is CCOc1cc2nc(C)cn2cc1C(=O)Nc1ccc(N2CCNC(C)(C)C2)nn1. The average Bonchev–Trinajstić information content (AvgIpc) is 3.06. The van der Waals surface area contributed by atoms with E-state index in [2.05, 4.69) is 44.6 Å². The molecule has 0 aliphatic carbocycles. The molecule has 0 saturated carbocycles. The molecule has 158 valence electrons. The number of aromatic nitrogens is 4. The van der Waals surface area contributed by atoms with Crippen LogP contribution in [0.25, 0.3) is 5.65 Å². The summed E-state index contributed by atoms with van der Waals surface area (Å²) >= 11 is 0. The normalized spacial score (nSPS) is 15.9. The maximum atomic E-state index is 12.9. The fourth-order valence-corrected chi connectivity index (χ4v) is 3.67. The number of ether oxygens (including phenoxy) is 1. The molecule has 9 heteroatoms. The van der Waals surface area contributed by atoms with Crippen molar-refractivity contribution in [2.24, 2.45) is 0 Å². The molecule has 0 unspecified atom stereocenters. The van der Waals surface area contributed by atoms with Crippen molar-refractivity contribution in [3.05, 3.63) is 41.9 Å². The zero-order valence-corrected chi connectivity index (χ0v) is 17.8. The molecule has 1 saturated heterocycles. The molecule has 1 aliphatic heterocycles. The van der Waals surface area contributed by atoms with Crippen LogP contribution in [-0.2, 0) is 0 Å². The zero-order chi connectivity index (χ0) is 21.3. The Morgan fingerprint density at radius 1 is 1.30 bits per heavy atom. The summed E-state index contributed by atoms with van der Waals surface area (Å²) in [4.78, 5) is 19.5. The second kappa shape index (κ2) is 7.91. The summed E-state index contributed by atoms with van der Waals surface area (Å²) in [6.45, 7) is 11.2. The molecule has 9 nitrogen and oxygen atoms in total. The van der Waals surface area contributed by atoms with Crippen LogP contribution in [0.2, 0.25) is 0 Å². The Kier molecular flexibility index (Phi) is 5.29. The van der Waals surface area contributed by atoms with Crippen molar-refractivity contribution in [1.29, 1.82) is 0 Å². The number of rotatable bonds is 5. The van der Waals surface area contributed by atoms with Crippen LogP contribution >= 0.6 is 0 Å². The molecule has 3 aromatic rings. The van der Waals surface area contributed by atoms with Crippen LogP contribution in [0.4, 0.5) is 11.6 Å². The Labute approximate surface area is 175 Å². The summed E-state index contributed by atoms with van der Waals surface area (Å²) in [5.41, 5.74) is 2.03. The Morgan fingerprint density at radius 3 is 2.83 bits per heavy atom. The monoisotopic (exact) mass is 409 g/mol. The average molecular weight is 409 g/mol. The minimum atomic E-state index is -0.308. The van der Waals surface area contributed by atoms with E-state index >= 15 is 0 Å². The quantitative estimate of drug-likeness (QED) is 0.667. The largest absolute Gasteiger partial charge is 0.493 e. The second-order valence-corrected chi connectivity index (χ2v) is 8.10. The van der Waals surface area contributed by atoms with Gasteiger partial charge in [-0.1, -0.05) is 0 Å². The molecule has 4 rings (SSSR count). The Bertz CT molecular complexity index is 1060. The third-order valence-electron chi connectivity index (χ3n) is 5.01. The van der Waals surface area contributed by atoms with Gasteiger partial charge in [0.05, 0.1) is 17.9 Å². The van der Waals surface area contributed by atoms with Crippen LogP contribution in [0.3, 0.4) is 0 Å². The third kappa shape index (κ3) is 4.20. The van der Waals surface area contributed by atoms with Gasteiger partial charge >= 0.3 is 0 Å². The highest BCUT2D eigenvalue weighted by Crippen LogP contribution is 2.23. The first-order valence-corrected chi connectivity index (χ1v) is 10.1. The Morgan fingerprint density at radius 2 is 2.13 bits per heavy atom. The first-order valence-electron chi connectivity index (χ1n) is 10.1. The van der Waals surface area contributed by atoms with Gasteiger partial charge in [-0.15, -0.1) is 10.2 Å². The minimum absolute atomic E-state index is 0.0207. The number of carbonyl (C=O) groups excluding carboxylic acids is 1. The highest BCUT2D eigenvalue weighted by molar-refractivity contribution is 6.05. The van der Waals surface area contributed by atoms with Crippen LogP contribution < -0.4 is 20.3 Å². The predicted molar refractivity (Wildman–Crippen MR) is 115 cm³/mol. The first kappa shape index (κ1) is 20.1. The van der Waals surface area contributed by atoms with Crippen molar-refractivity contribution < 1.29 is 9.53 Å². The highest BCUT2D eigenvalue weighted by Gasteiger charge is 2.26. The van der Waals surface area contributed by atoms with Gasteiger partial charge in [0.15, 0.2) is 11.6 Å². The molecule has 1 amide bonds. The van der Waals surface area contributed by atoms with Gasteiger partial charge in [0.1, 0.15) is 11.4 Å². The number of piperazine rings is 1. The van der Waals surface area contributed by atoms with Gasteiger partial charge in [-0.3, -0.25) is 4.79 Å². The summed E-state index contributed by atoms with van der Waals surface area (Å²) in [7, 11) is 0. The minimum Gasteiger partial charge on any atom is -0.493 e. The molecule has 0 aromatic carbocycles. The van der Waals surface area contributed by atoms with Crippen molar-refractivity contribution in [3.8, 4) is 5.75 Å². The summed E-state index contributed by atoms with van der Waals surface area (Å²) in [6, 6.07) is 5.43. The van der Waals surface area contributed by atoms with Gasteiger partial charge in [0, 0.05) is 43.6 Å². The number of hydrogen-bond acceptors (Lipinski definition) is 7. The van der Waals surface area contributed by atoms with E-state index in [1.165, 1.54) is 0 Å². The van der Waals surface area contributed by atoms with E-state index in [0.29, 0.717) is 23.7 Å². The van der Waals surface area contributed by atoms with Crippen LogP contribution in [-0.4, -0.2) is 57.3 Å². The molecule has 2 N–H and O–H groups in total. The maximum Gasteiger partial charge on any atom is 0.262 e. The van der Waals surface area contributed by atoms with Gasteiger partial charge < -0.3 is 24.7 Å². The third-order valence-corrected chi connectivity index (χ3v) is 5.01. The molecule has 0 bridgehead atoms. The summed E-state index contributed by atoms with van der Waals surface area (Å²) < 4.78 is 7.48. The van der Waals surface area contributed by atoms with Crippen molar-refractivity contribution >= 4 is 23.2 Å². The smallest absolute Gasteiger partial charge is 0.262 e. The first-order chi connectivity index (χ1) is 14.3. The molecule has 0 radical (unpaired) electrons. The number of hydrogen-bond donors (Lipinski definition) is 2. The lowest BCUT2D eigenvalue weighted by Gasteiger charge is -2.39. The van der Waals surface area contributed by atoms with E-state index in [4.69, 9.17) is 4.74 Å². The molecular weight excluding hydrogens is 382 g/mol. The fraction of sp³-hybridized carbons (Fsp3) is 0.429. The van der Waals surface area contributed by atoms with Gasteiger partial charge in [0.2, 0.25) is 0 Å². The van der Waals surface area contributed by atoms with Crippen LogP contribution in [0.5, 0.6) is 5.75 Å². The van der Waals surface area contributed by atoms with Crippen molar-refractivity contribution in [2.45, 2.75) is 33.2 Å². The number of nitrogens with zero attached hydrogens (tertiary/aromatic N) is 5. The molecule has 30 heavy (non-hydrogen) atoms. The van der Waals surface area contributed by atoms with Gasteiger partial charge in [-0.25, -0.2) is 4.98 Å². The van der Waals surface area contributed by atoms with Crippen molar-refractivity contribution in [2.75, 3.05) is 36.5 Å². The lowest BCUT2D eigenvalue weighted by atomic mass is 10.0. The van der Waals surface area contributed by atoms with E-state index in [9.17, 15) is 4.79 Å². The summed E-state index contributed by atoms with van der Waals surface area (Å²) in [5.74, 6) is 1.37. The summed E-state index contributed by atoms with van der Waals surface area (Å²) in [6.07, 6.45) is 3.59. The highest BCUT2D eigenvalue weighted by atomic mass is 16.5. The number of imidazole rings is 1. The van der Waals surface area contributed by atoms with Gasteiger partial charge in [-0.2, -0.15) is 0 Å². The number of pyridine rings is 1. The molecule has 0 atom stereocenters. The number of anilines is 2. The molecule has 1 aliphatic rings. The number of nitrogens with one attached hydrogen (secondary N) is 2. The Balaban J connectivity index is 1.53. The number of carbonyl (C=O) groups is 1. The van der Waals surface area contributed by atoms with E-state index < -0.39 is 0 Å². The number of aryl methyl sites for hydroxylation is 1. The second-order valence-electron chi connectivity index (χ2n) is 8.10. The standard InChI is InChI=1S/C21H27N7O2/c1-5-30-16-10-19-23-14(2)11-28(19)12-15(16)20(29)24-17-6-7-18(26-25-17)27-9-8-22-21(3,4)13-27/h6-7,10-12,22H,5,8-9,13H2,1-4H3,(H,24,25,29). The number of amides is 1. The van der Waals surface area contributed by atoms with E-state index in [1.807, 2.05) is 30.5 Å². The predicted octanol–water partition coefficient (Wildman–Crippen LogP) is 2.27. The molecule has 1 fully saturated rings. The van der Waals surface area contributed by atoms with Crippen molar-refractivity contribution in [1.82, 2.24) is 24.9 Å².